The number of halogens is 1. The smallest absolute Gasteiger partial charge is 0.308 e. The molecule has 2 aromatic rings. The predicted octanol–water partition coefficient (Wildman–Crippen LogP) is 2.79. The van der Waals surface area contributed by atoms with Crippen LogP contribution in [-0.2, 0) is 14.3 Å². The first kappa shape index (κ1) is 21.2. The largest absolute Gasteiger partial charge is 0.469 e. The Morgan fingerprint density at radius 1 is 1.17 bits per heavy atom. The molecule has 2 aliphatic rings. The second-order valence-electron chi connectivity index (χ2n) is 7.97. The minimum absolute atomic E-state index is 0.0957. The first-order valence-corrected chi connectivity index (χ1v) is 11.4. The summed E-state index contributed by atoms with van der Waals surface area (Å²) in [6.07, 6.45) is 1.33. The fourth-order valence-electron chi connectivity index (χ4n) is 4.52. The number of likely N-dealkylation sites (tertiary alicyclic amines) is 2. The van der Waals surface area contributed by atoms with Crippen LogP contribution in [-0.4, -0.2) is 71.1 Å². The van der Waals surface area contributed by atoms with Crippen LogP contribution in [0, 0.1) is 5.92 Å². The summed E-state index contributed by atoms with van der Waals surface area (Å²) in [7, 11) is 1.42. The van der Waals surface area contributed by atoms with Crippen molar-refractivity contribution in [3.05, 3.63) is 45.9 Å². The van der Waals surface area contributed by atoms with Crippen molar-refractivity contribution in [2.24, 2.45) is 5.92 Å². The number of rotatable bonds is 5. The Morgan fingerprint density at radius 2 is 1.87 bits per heavy atom. The highest BCUT2D eigenvalue weighted by Gasteiger charge is 2.38. The van der Waals surface area contributed by atoms with E-state index in [0.29, 0.717) is 37.5 Å². The number of aromatic nitrogens is 2. The Bertz CT molecular complexity index is 869. The number of carbonyl (C=O) groups excluding carboxylic acids is 2. The van der Waals surface area contributed by atoms with E-state index >= 15 is 0 Å². The summed E-state index contributed by atoms with van der Waals surface area (Å²) in [6.45, 7) is 3.14. The van der Waals surface area contributed by atoms with Crippen LogP contribution >= 0.6 is 23.1 Å². The zero-order chi connectivity index (χ0) is 21.1. The van der Waals surface area contributed by atoms with E-state index in [1.807, 2.05) is 22.4 Å². The Kier molecular flexibility index (Phi) is 6.65. The van der Waals surface area contributed by atoms with Gasteiger partial charge >= 0.3 is 5.97 Å². The minimum Gasteiger partial charge on any atom is -0.469 e. The lowest BCUT2D eigenvalue weighted by Crippen LogP contribution is -2.45. The number of esters is 1. The van der Waals surface area contributed by atoms with Crippen molar-refractivity contribution in [1.82, 2.24) is 19.4 Å². The van der Waals surface area contributed by atoms with Gasteiger partial charge < -0.3 is 9.64 Å². The van der Waals surface area contributed by atoms with E-state index in [-0.39, 0.29) is 29.6 Å². The number of methoxy groups -OCH3 is 1. The summed E-state index contributed by atoms with van der Waals surface area (Å²) < 4.78 is 8.87. The van der Waals surface area contributed by atoms with Gasteiger partial charge in [-0.05, 0) is 42.1 Å². The van der Waals surface area contributed by atoms with Gasteiger partial charge in [0, 0.05) is 48.4 Å². The third-order valence-corrected chi connectivity index (χ3v) is 6.97. The van der Waals surface area contributed by atoms with Crippen molar-refractivity contribution in [1.29, 1.82) is 0 Å². The summed E-state index contributed by atoms with van der Waals surface area (Å²) >= 11 is 7.42. The van der Waals surface area contributed by atoms with Crippen LogP contribution in [0.1, 0.15) is 35.9 Å². The number of hydrogen-bond acceptors (Lipinski definition) is 7. The standard InChI is InChI=1S/C21H25ClN4O3S/c1-29-21(28)15-6-8-26(9-7-15)20(27)12-25-10-17(14-2-4-16(22)5-3-14)18(11-25)19-13-30-24-23-19/h2-5,13,15,17-18H,6-12H2,1H3/t17-,18+/m0/s1. The summed E-state index contributed by atoms with van der Waals surface area (Å²) in [6, 6.07) is 7.93. The number of piperidine rings is 1. The van der Waals surface area contributed by atoms with E-state index in [1.54, 1.807) is 0 Å². The molecule has 0 aliphatic carbocycles. The topological polar surface area (TPSA) is 75.6 Å². The van der Waals surface area contributed by atoms with Crippen molar-refractivity contribution >= 4 is 35.0 Å². The molecule has 2 aliphatic heterocycles. The molecule has 0 unspecified atom stereocenters. The summed E-state index contributed by atoms with van der Waals surface area (Å²) in [4.78, 5) is 28.7. The quantitative estimate of drug-likeness (QED) is 0.655. The van der Waals surface area contributed by atoms with E-state index in [9.17, 15) is 9.59 Å². The fraction of sp³-hybridized carbons (Fsp3) is 0.524. The van der Waals surface area contributed by atoms with Crippen molar-refractivity contribution in [2.45, 2.75) is 24.7 Å². The van der Waals surface area contributed by atoms with Gasteiger partial charge in [-0.25, -0.2) is 0 Å². The molecule has 0 bridgehead atoms. The first-order valence-electron chi connectivity index (χ1n) is 10.2. The van der Waals surface area contributed by atoms with Crippen LogP contribution in [0.5, 0.6) is 0 Å². The molecule has 160 valence electrons. The molecule has 1 aromatic carbocycles. The average Bonchev–Trinajstić information content (AvgIpc) is 3.44. The molecule has 1 aromatic heterocycles. The van der Waals surface area contributed by atoms with Crippen LogP contribution in [0.4, 0.5) is 0 Å². The van der Waals surface area contributed by atoms with Gasteiger partial charge in [0.05, 0.1) is 25.3 Å². The van der Waals surface area contributed by atoms with Gasteiger partial charge in [-0.15, -0.1) is 5.10 Å². The molecule has 2 saturated heterocycles. The molecule has 1 amide bonds. The van der Waals surface area contributed by atoms with E-state index in [0.717, 1.165) is 18.8 Å². The summed E-state index contributed by atoms with van der Waals surface area (Å²) in [5.74, 6) is 0.283. The Balaban J connectivity index is 1.40. The molecule has 30 heavy (non-hydrogen) atoms. The number of hydrogen-bond donors (Lipinski definition) is 0. The first-order chi connectivity index (χ1) is 14.5. The van der Waals surface area contributed by atoms with E-state index in [2.05, 4.69) is 26.6 Å². The van der Waals surface area contributed by atoms with Crippen molar-refractivity contribution < 1.29 is 14.3 Å². The monoisotopic (exact) mass is 448 g/mol. The highest BCUT2D eigenvalue weighted by atomic mass is 35.5. The maximum atomic E-state index is 12.9. The van der Waals surface area contributed by atoms with Gasteiger partial charge in [-0.1, -0.05) is 28.2 Å². The van der Waals surface area contributed by atoms with Crippen LogP contribution in [0.3, 0.4) is 0 Å². The lowest BCUT2D eigenvalue weighted by atomic mass is 9.87. The second kappa shape index (κ2) is 9.41. The maximum Gasteiger partial charge on any atom is 0.308 e. The van der Waals surface area contributed by atoms with E-state index in [4.69, 9.17) is 16.3 Å². The third kappa shape index (κ3) is 4.66. The molecule has 0 spiro atoms. The number of carbonyl (C=O) groups is 2. The Hall–Kier alpha value is -2.03. The number of amides is 1. The molecule has 0 saturated carbocycles. The molecule has 4 rings (SSSR count). The Labute approximate surface area is 185 Å². The summed E-state index contributed by atoms with van der Waals surface area (Å²) in [5, 5.41) is 7.01. The molecule has 0 radical (unpaired) electrons. The zero-order valence-corrected chi connectivity index (χ0v) is 18.4. The van der Waals surface area contributed by atoms with Crippen molar-refractivity contribution in [2.75, 3.05) is 39.8 Å². The fourth-order valence-corrected chi connectivity index (χ4v) is 5.16. The number of benzene rings is 1. The molecule has 0 N–H and O–H groups in total. The lowest BCUT2D eigenvalue weighted by Gasteiger charge is -2.32. The third-order valence-electron chi connectivity index (χ3n) is 6.19. The van der Waals surface area contributed by atoms with Crippen LogP contribution in [0.15, 0.2) is 29.6 Å². The van der Waals surface area contributed by atoms with Gasteiger partial charge in [-0.2, -0.15) is 0 Å². The second-order valence-corrected chi connectivity index (χ2v) is 9.01. The van der Waals surface area contributed by atoms with Crippen LogP contribution in [0.25, 0.3) is 0 Å². The minimum atomic E-state index is -0.174. The van der Waals surface area contributed by atoms with Crippen molar-refractivity contribution in [3.8, 4) is 0 Å². The lowest BCUT2D eigenvalue weighted by molar-refractivity contribution is -0.149. The molecule has 9 heteroatoms. The predicted molar refractivity (Wildman–Crippen MR) is 115 cm³/mol. The molecule has 2 atom stereocenters. The van der Waals surface area contributed by atoms with E-state index < -0.39 is 0 Å². The van der Waals surface area contributed by atoms with Gasteiger partial charge in [0.2, 0.25) is 5.91 Å². The Morgan fingerprint density at radius 3 is 2.50 bits per heavy atom. The van der Waals surface area contributed by atoms with Gasteiger partial charge in [-0.3, -0.25) is 14.5 Å². The molecular formula is C21H25ClN4O3S. The molecular weight excluding hydrogens is 424 g/mol. The summed E-state index contributed by atoms with van der Waals surface area (Å²) in [5.41, 5.74) is 2.18. The normalized spacial score (nSPS) is 22.9. The van der Waals surface area contributed by atoms with Gasteiger partial charge in [0.1, 0.15) is 0 Å². The highest BCUT2D eigenvalue weighted by Crippen LogP contribution is 2.39. The maximum absolute atomic E-state index is 12.9. The highest BCUT2D eigenvalue weighted by molar-refractivity contribution is 7.03. The van der Waals surface area contributed by atoms with Gasteiger partial charge in [0.15, 0.2) is 0 Å². The van der Waals surface area contributed by atoms with Crippen LogP contribution < -0.4 is 0 Å². The van der Waals surface area contributed by atoms with Crippen molar-refractivity contribution in [3.63, 3.8) is 0 Å². The SMILES string of the molecule is COC(=O)C1CCN(C(=O)CN2C[C@@H](c3ccc(Cl)cc3)[C@H](c3csnn3)C2)CC1. The van der Waals surface area contributed by atoms with E-state index in [1.165, 1.54) is 24.2 Å². The molecule has 7 nitrogen and oxygen atoms in total. The van der Waals surface area contributed by atoms with Gasteiger partial charge in [0.25, 0.3) is 0 Å². The molecule has 3 heterocycles. The zero-order valence-electron chi connectivity index (χ0n) is 16.9. The average molecular weight is 449 g/mol. The van der Waals surface area contributed by atoms with Crippen LogP contribution in [0.2, 0.25) is 5.02 Å². The molecule has 2 fully saturated rings. The number of nitrogens with zero attached hydrogens (tertiary/aromatic N) is 4. The number of ether oxygens (including phenoxy) is 1.